The van der Waals surface area contributed by atoms with Gasteiger partial charge in [0, 0.05) is 45.7 Å². The Kier molecular flexibility index (Phi) is 6.85. The summed E-state index contributed by atoms with van der Waals surface area (Å²) in [5, 5.41) is 8.78. The zero-order chi connectivity index (χ0) is 19.9. The van der Waals surface area contributed by atoms with Crippen LogP contribution in [-0.2, 0) is 11.2 Å². The summed E-state index contributed by atoms with van der Waals surface area (Å²) in [5.41, 5.74) is 2.47. The Bertz CT molecular complexity index is 765. The summed E-state index contributed by atoms with van der Waals surface area (Å²) < 4.78 is 0. The van der Waals surface area contributed by atoms with Gasteiger partial charge in [-0.25, -0.2) is 0 Å². The van der Waals surface area contributed by atoms with Gasteiger partial charge in [0.2, 0.25) is 5.91 Å². The van der Waals surface area contributed by atoms with Crippen molar-refractivity contribution in [2.45, 2.75) is 33.6 Å². The smallest absolute Gasteiger partial charge is 0.223 e. The minimum atomic E-state index is 0.240. The molecule has 3 rings (SSSR count). The van der Waals surface area contributed by atoms with Crippen molar-refractivity contribution >= 4 is 17.5 Å². The summed E-state index contributed by atoms with van der Waals surface area (Å²) >= 11 is 0. The summed E-state index contributed by atoms with van der Waals surface area (Å²) in [6, 6.07) is 12.5. The topological polar surface area (TPSA) is 52.6 Å². The molecule has 1 fully saturated rings. The molecule has 28 heavy (non-hydrogen) atoms. The number of aromatic nitrogens is 2. The molecule has 0 unspecified atom stereocenters. The Hall–Kier alpha value is -2.63. The number of anilines is 2. The molecule has 0 aliphatic carbocycles. The van der Waals surface area contributed by atoms with E-state index in [1.807, 2.05) is 17.0 Å². The molecule has 1 amide bonds. The van der Waals surface area contributed by atoms with Crippen molar-refractivity contribution in [3.05, 3.63) is 47.5 Å². The lowest BCUT2D eigenvalue weighted by Crippen LogP contribution is -2.49. The van der Waals surface area contributed by atoms with Crippen LogP contribution in [0, 0.1) is 6.92 Å². The third-order valence-electron chi connectivity index (χ3n) is 5.39. The van der Waals surface area contributed by atoms with E-state index in [0.29, 0.717) is 6.42 Å². The number of benzene rings is 1. The van der Waals surface area contributed by atoms with Crippen LogP contribution in [0.1, 0.15) is 31.4 Å². The Morgan fingerprint density at radius 3 is 2.39 bits per heavy atom. The number of nitrogens with zero attached hydrogens (tertiary/aromatic N) is 5. The SMILES string of the molecule is CCN(CC)c1ccc(N2CCN(C(=O)CCc3cccc(C)c3)CC2)nn1. The molecule has 2 heterocycles. The fourth-order valence-electron chi connectivity index (χ4n) is 3.67. The van der Waals surface area contributed by atoms with Gasteiger partial charge in [0.15, 0.2) is 11.6 Å². The largest absolute Gasteiger partial charge is 0.356 e. The monoisotopic (exact) mass is 381 g/mol. The van der Waals surface area contributed by atoms with Crippen molar-refractivity contribution in [3.63, 3.8) is 0 Å². The number of carbonyl (C=O) groups is 1. The number of aryl methyl sites for hydroxylation is 2. The zero-order valence-electron chi connectivity index (χ0n) is 17.3. The van der Waals surface area contributed by atoms with Crippen LogP contribution in [0.3, 0.4) is 0 Å². The van der Waals surface area contributed by atoms with Gasteiger partial charge in [-0.05, 0) is 44.9 Å². The third kappa shape index (κ3) is 5.00. The molecular weight excluding hydrogens is 350 g/mol. The van der Waals surface area contributed by atoms with E-state index in [1.54, 1.807) is 0 Å². The number of piperazine rings is 1. The summed E-state index contributed by atoms with van der Waals surface area (Å²) in [6.45, 7) is 11.3. The summed E-state index contributed by atoms with van der Waals surface area (Å²) in [4.78, 5) is 18.9. The minimum absolute atomic E-state index is 0.240. The van der Waals surface area contributed by atoms with Crippen LogP contribution >= 0.6 is 0 Å². The predicted molar refractivity (Wildman–Crippen MR) is 114 cm³/mol. The average molecular weight is 382 g/mol. The maximum Gasteiger partial charge on any atom is 0.223 e. The first-order chi connectivity index (χ1) is 13.6. The van der Waals surface area contributed by atoms with Gasteiger partial charge in [0.25, 0.3) is 0 Å². The lowest BCUT2D eigenvalue weighted by atomic mass is 10.1. The van der Waals surface area contributed by atoms with Gasteiger partial charge in [-0.3, -0.25) is 4.79 Å². The molecule has 1 saturated heterocycles. The molecule has 0 radical (unpaired) electrons. The van der Waals surface area contributed by atoms with Crippen LogP contribution in [0.15, 0.2) is 36.4 Å². The molecule has 1 aliphatic heterocycles. The molecule has 6 heteroatoms. The van der Waals surface area contributed by atoms with Gasteiger partial charge < -0.3 is 14.7 Å². The second-order valence-corrected chi connectivity index (χ2v) is 7.28. The van der Waals surface area contributed by atoms with Crippen molar-refractivity contribution in [1.29, 1.82) is 0 Å². The normalized spacial score (nSPS) is 14.2. The maximum atomic E-state index is 12.6. The molecule has 6 nitrogen and oxygen atoms in total. The second-order valence-electron chi connectivity index (χ2n) is 7.28. The quantitative estimate of drug-likeness (QED) is 0.738. The molecule has 1 aromatic carbocycles. The standard InChI is InChI=1S/C22H31N5O/c1-4-25(5-2)20-10-11-21(24-23-20)26-13-15-27(16-14-26)22(28)12-9-19-8-6-7-18(3)17-19/h6-8,10-11,17H,4-5,9,12-16H2,1-3H3. The van der Waals surface area contributed by atoms with E-state index < -0.39 is 0 Å². The Labute approximate surface area is 168 Å². The lowest BCUT2D eigenvalue weighted by Gasteiger charge is -2.35. The van der Waals surface area contributed by atoms with Gasteiger partial charge in [-0.2, -0.15) is 0 Å². The molecule has 0 bridgehead atoms. The molecular formula is C22H31N5O. The van der Waals surface area contributed by atoms with Gasteiger partial charge in [-0.1, -0.05) is 29.8 Å². The zero-order valence-corrected chi connectivity index (χ0v) is 17.3. The molecule has 0 spiro atoms. The average Bonchev–Trinajstić information content (AvgIpc) is 2.74. The number of carbonyl (C=O) groups excluding carboxylic acids is 1. The maximum absolute atomic E-state index is 12.6. The van der Waals surface area contributed by atoms with Crippen molar-refractivity contribution in [2.75, 3.05) is 49.1 Å². The fourth-order valence-corrected chi connectivity index (χ4v) is 3.67. The molecule has 0 N–H and O–H groups in total. The number of hydrogen-bond acceptors (Lipinski definition) is 5. The first-order valence-corrected chi connectivity index (χ1v) is 10.3. The molecule has 1 aromatic heterocycles. The van der Waals surface area contributed by atoms with Crippen LogP contribution in [0.2, 0.25) is 0 Å². The van der Waals surface area contributed by atoms with Crippen molar-refractivity contribution in [2.24, 2.45) is 0 Å². The van der Waals surface area contributed by atoms with Crippen molar-refractivity contribution in [1.82, 2.24) is 15.1 Å². The van der Waals surface area contributed by atoms with E-state index in [9.17, 15) is 4.79 Å². The summed E-state index contributed by atoms with van der Waals surface area (Å²) in [6.07, 6.45) is 1.38. The van der Waals surface area contributed by atoms with E-state index in [4.69, 9.17) is 0 Å². The van der Waals surface area contributed by atoms with E-state index >= 15 is 0 Å². The highest BCUT2D eigenvalue weighted by molar-refractivity contribution is 5.76. The number of hydrogen-bond donors (Lipinski definition) is 0. The second kappa shape index (κ2) is 9.53. The van der Waals surface area contributed by atoms with Crippen LogP contribution in [0.25, 0.3) is 0 Å². The number of amides is 1. The van der Waals surface area contributed by atoms with E-state index in [-0.39, 0.29) is 5.91 Å². The molecule has 1 aliphatic rings. The Balaban J connectivity index is 1.49. The molecule has 2 aromatic rings. The third-order valence-corrected chi connectivity index (χ3v) is 5.39. The molecule has 150 valence electrons. The first kappa shape index (κ1) is 20.1. The van der Waals surface area contributed by atoms with E-state index in [2.05, 4.69) is 65.0 Å². The highest BCUT2D eigenvalue weighted by Gasteiger charge is 2.22. The highest BCUT2D eigenvalue weighted by Crippen LogP contribution is 2.17. The van der Waals surface area contributed by atoms with E-state index in [1.165, 1.54) is 11.1 Å². The predicted octanol–water partition coefficient (Wildman–Crippen LogP) is 2.91. The fraction of sp³-hybridized carbons (Fsp3) is 0.500. The molecule has 0 saturated carbocycles. The Morgan fingerprint density at radius 2 is 1.79 bits per heavy atom. The van der Waals surface area contributed by atoms with Crippen LogP contribution in [0.4, 0.5) is 11.6 Å². The summed E-state index contributed by atoms with van der Waals surface area (Å²) in [7, 11) is 0. The number of rotatable bonds is 7. The molecule has 0 atom stereocenters. The first-order valence-electron chi connectivity index (χ1n) is 10.3. The van der Waals surface area contributed by atoms with E-state index in [0.717, 1.165) is 57.3 Å². The lowest BCUT2D eigenvalue weighted by molar-refractivity contribution is -0.131. The van der Waals surface area contributed by atoms with Gasteiger partial charge >= 0.3 is 0 Å². The van der Waals surface area contributed by atoms with Gasteiger partial charge in [0.05, 0.1) is 0 Å². The van der Waals surface area contributed by atoms with Crippen molar-refractivity contribution < 1.29 is 4.79 Å². The summed E-state index contributed by atoms with van der Waals surface area (Å²) in [5.74, 6) is 2.05. The van der Waals surface area contributed by atoms with Crippen LogP contribution < -0.4 is 9.80 Å². The van der Waals surface area contributed by atoms with Crippen LogP contribution in [-0.4, -0.2) is 60.3 Å². The van der Waals surface area contributed by atoms with Gasteiger partial charge in [0.1, 0.15) is 0 Å². The Morgan fingerprint density at radius 1 is 1.04 bits per heavy atom. The van der Waals surface area contributed by atoms with Gasteiger partial charge in [-0.15, -0.1) is 10.2 Å². The minimum Gasteiger partial charge on any atom is -0.356 e. The highest BCUT2D eigenvalue weighted by atomic mass is 16.2. The van der Waals surface area contributed by atoms with Crippen LogP contribution in [0.5, 0.6) is 0 Å². The van der Waals surface area contributed by atoms with Crippen molar-refractivity contribution in [3.8, 4) is 0 Å².